The molecule has 0 aromatic carbocycles. The zero-order valence-corrected chi connectivity index (χ0v) is 15.9. The summed E-state index contributed by atoms with van der Waals surface area (Å²) in [6.45, 7) is 7.55. The number of piperazine rings is 1. The minimum Gasteiger partial charge on any atom is -0.353 e. The van der Waals surface area contributed by atoms with Crippen LogP contribution in [0.5, 0.6) is 0 Å². The van der Waals surface area contributed by atoms with Crippen molar-refractivity contribution in [1.82, 2.24) is 14.9 Å². The molecule has 142 valence electrons. The molecule has 0 radical (unpaired) electrons. The van der Waals surface area contributed by atoms with E-state index in [-0.39, 0.29) is 5.91 Å². The van der Waals surface area contributed by atoms with Crippen LogP contribution in [-0.2, 0) is 0 Å². The number of aromatic nitrogens is 2. The zero-order valence-electron chi connectivity index (χ0n) is 15.9. The molecule has 0 N–H and O–H groups in total. The second-order valence-corrected chi connectivity index (χ2v) is 7.54. The van der Waals surface area contributed by atoms with Crippen LogP contribution in [0.4, 0.5) is 11.6 Å². The second kappa shape index (κ2) is 7.94. The van der Waals surface area contributed by atoms with Gasteiger partial charge in [-0.25, -0.2) is 9.97 Å². The Bertz CT molecular complexity index is 765. The smallest absolute Gasteiger partial charge is 0.254 e. The standard InChI is InChI=1S/C21H27N5O/c1-17-6-10-26(11-7-17)21(27)18-5-9-23-20(16-18)25-14-12-24(13-15-25)19-4-2-3-8-22-19/h2-5,8-9,16-17H,6-7,10-15H2,1H3. The van der Waals surface area contributed by atoms with Crippen LogP contribution in [0.15, 0.2) is 42.7 Å². The van der Waals surface area contributed by atoms with Gasteiger partial charge in [-0.3, -0.25) is 4.79 Å². The first-order valence-corrected chi connectivity index (χ1v) is 9.87. The van der Waals surface area contributed by atoms with Crippen molar-refractivity contribution in [3.63, 3.8) is 0 Å². The SMILES string of the molecule is CC1CCN(C(=O)c2ccnc(N3CCN(c4ccccn4)CC3)c2)CC1. The van der Waals surface area contributed by atoms with Crippen molar-refractivity contribution in [3.8, 4) is 0 Å². The fraction of sp³-hybridized carbons (Fsp3) is 0.476. The van der Waals surface area contributed by atoms with E-state index in [1.54, 1.807) is 6.20 Å². The van der Waals surface area contributed by atoms with Crippen molar-refractivity contribution in [2.24, 2.45) is 5.92 Å². The summed E-state index contributed by atoms with van der Waals surface area (Å²) in [5.74, 6) is 2.77. The normalized spacial score (nSPS) is 18.6. The van der Waals surface area contributed by atoms with E-state index in [1.165, 1.54) is 0 Å². The number of amides is 1. The van der Waals surface area contributed by atoms with Crippen LogP contribution in [-0.4, -0.2) is 60.0 Å². The van der Waals surface area contributed by atoms with Crippen LogP contribution in [0.1, 0.15) is 30.1 Å². The van der Waals surface area contributed by atoms with Gasteiger partial charge < -0.3 is 14.7 Å². The number of carbonyl (C=O) groups excluding carboxylic acids is 1. The molecule has 2 aliphatic rings. The van der Waals surface area contributed by atoms with E-state index in [9.17, 15) is 4.79 Å². The molecule has 0 spiro atoms. The summed E-state index contributed by atoms with van der Waals surface area (Å²) in [6, 6.07) is 9.80. The molecule has 0 saturated carbocycles. The molecule has 27 heavy (non-hydrogen) atoms. The van der Waals surface area contributed by atoms with Crippen LogP contribution in [0.25, 0.3) is 0 Å². The van der Waals surface area contributed by atoms with E-state index in [0.29, 0.717) is 0 Å². The van der Waals surface area contributed by atoms with Gasteiger partial charge >= 0.3 is 0 Å². The molecule has 2 fully saturated rings. The number of carbonyl (C=O) groups is 1. The van der Waals surface area contributed by atoms with E-state index in [2.05, 4.69) is 26.7 Å². The summed E-state index contributed by atoms with van der Waals surface area (Å²) in [5, 5.41) is 0. The van der Waals surface area contributed by atoms with Crippen molar-refractivity contribution >= 4 is 17.5 Å². The summed E-state index contributed by atoms with van der Waals surface area (Å²) in [6.07, 6.45) is 5.79. The number of likely N-dealkylation sites (tertiary alicyclic amines) is 1. The molecule has 6 heteroatoms. The minimum atomic E-state index is 0.137. The molecule has 2 aliphatic heterocycles. The third-order valence-corrected chi connectivity index (χ3v) is 5.64. The molecule has 2 saturated heterocycles. The molecule has 0 unspecified atom stereocenters. The number of piperidine rings is 1. The second-order valence-electron chi connectivity index (χ2n) is 7.54. The van der Waals surface area contributed by atoms with Gasteiger partial charge in [-0.05, 0) is 43.0 Å². The van der Waals surface area contributed by atoms with Gasteiger partial charge in [0.1, 0.15) is 11.6 Å². The lowest BCUT2D eigenvalue weighted by Crippen LogP contribution is -2.47. The van der Waals surface area contributed by atoms with E-state index in [0.717, 1.165) is 75.2 Å². The van der Waals surface area contributed by atoms with E-state index in [1.807, 2.05) is 41.4 Å². The van der Waals surface area contributed by atoms with Crippen LogP contribution in [0.3, 0.4) is 0 Å². The van der Waals surface area contributed by atoms with Crippen molar-refractivity contribution < 1.29 is 4.79 Å². The van der Waals surface area contributed by atoms with E-state index >= 15 is 0 Å². The maximum absolute atomic E-state index is 12.8. The largest absolute Gasteiger partial charge is 0.353 e. The first-order chi connectivity index (χ1) is 13.2. The highest BCUT2D eigenvalue weighted by Gasteiger charge is 2.23. The van der Waals surface area contributed by atoms with Gasteiger partial charge in [0.2, 0.25) is 0 Å². The van der Waals surface area contributed by atoms with Crippen molar-refractivity contribution in [2.75, 3.05) is 49.1 Å². The first-order valence-electron chi connectivity index (χ1n) is 9.87. The van der Waals surface area contributed by atoms with Crippen LogP contribution >= 0.6 is 0 Å². The predicted octanol–water partition coefficient (Wildman–Crippen LogP) is 2.68. The number of rotatable bonds is 3. The lowest BCUT2D eigenvalue weighted by atomic mass is 9.99. The van der Waals surface area contributed by atoms with Gasteiger partial charge in [-0.15, -0.1) is 0 Å². The Kier molecular flexibility index (Phi) is 5.23. The van der Waals surface area contributed by atoms with Gasteiger partial charge in [0.25, 0.3) is 5.91 Å². The Morgan fingerprint density at radius 3 is 2.22 bits per heavy atom. The average Bonchev–Trinajstić information content (AvgIpc) is 2.75. The molecular formula is C21H27N5O. The quantitative estimate of drug-likeness (QED) is 0.837. The van der Waals surface area contributed by atoms with Gasteiger partial charge in [0.05, 0.1) is 0 Å². The molecule has 0 aliphatic carbocycles. The third kappa shape index (κ3) is 4.04. The molecule has 4 heterocycles. The highest BCUT2D eigenvalue weighted by Crippen LogP contribution is 2.21. The third-order valence-electron chi connectivity index (χ3n) is 5.64. The zero-order chi connectivity index (χ0) is 18.6. The molecule has 1 amide bonds. The molecule has 2 aromatic heterocycles. The highest BCUT2D eigenvalue weighted by atomic mass is 16.2. The van der Waals surface area contributed by atoms with Crippen molar-refractivity contribution in [1.29, 1.82) is 0 Å². The first kappa shape index (κ1) is 17.8. The summed E-state index contributed by atoms with van der Waals surface area (Å²) in [7, 11) is 0. The topological polar surface area (TPSA) is 52.6 Å². The van der Waals surface area contributed by atoms with Gasteiger partial charge in [-0.1, -0.05) is 13.0 Å². The Morgan fingerprint density at radius 2 is 1.56 bits per heavy atom. The number of hydrogen-bond donors (Lipinski definition) is 0. The summed E-state index contributed by atoms with van der Waals surface area (Å²) >= 11 is 0. The number of anilines is 2. The van der Waals surface area contributed by atoms with Crippen LogP contribution < -0.4 is 9.80 Å². The van der Waals surface area contributed by atoms with Crippen molar-refractivity contribution in [2.45, 2.75) is 19.8 Å². The number of nitrogens with zero attached hydrogens (tertiary/aromatic N) is 5. The van der Waals surface area contributed by atoms with Crippen molar-refractivity contribution in [3.05, 3.63) is 48.3 Å². The molecule has 0 atom stereocenters. The minimum absolute atomic E-state index is 0.137. The molecule has 6 nitrogen and oxygen atoms in total. The summed E-state index contributed by atoms with van der Waals surface area (Å²) in [4.78, 5) is 28.3. The molecular weight excluding hydrogens is 338 g/mol. The monoisotopic (exact) mass is 365 g/mol. The van der Waals surface area contributed by atoms with Gasteiger partial charge in [-0.2, -0.15) is 0 Å². The maximum Gasteiger partial charge on any atom is 0.254 e. The fourth-order valence-electron chi connectivity index (χ4n) is 3.82. The number of pyridine rings is 2. The predicted molar refractivity (Wildman–Crippen MR) is 107 cm³/mol. The lowest BCUT2D eigenvalue weighted by Gasteiger charge is -2.36. The Labute approximate surface area is 160 Å². The van der Waals surface area contributed by atoms with E-state index < -0.39 is 0 Å². The van der Waals surface area contributed by atoms with Crippen LogP contribution in [0, 0.1) is 5.92 Å². The van der Waals surface area contributed by atoms with Gasteiger partial charge in [0, 0.05) is 57.2 Å². The Morgan fingerprint density at radius 1 is 0.889 bits per heavy atom. The van der Waals surface area contributed by atoms with Gasteiger partial charge in [0.15, 0.2) is 0 Å². The molecule has 2 aromatic rings. The summed E-state index contributed by atoms with van der Waals surface area (Å²) in [5.41, 5.74) is 0.752. The Balaban J connectivity index is 1.40. The van der Waals surface area contributed by atoms with Crippen LogP contribution in [0.2, 0.25) is 0 Å². The summed E-state index contributed by atoms with van der Waals surface area (Å²) < 4.78 is 0. The fourth-order valence-corrected chi connectivity index (χ4v) is 3.82. The molecule has 4 rings (SSSR count). The highest BCUT2D eigenvalue weighted by molar-refractivity contribution is 5.95. The Hall–Kier alpha value is -2.63. The lowest BCUT2D eigenvalue weighted by molar-refractivity contribution is 0.0697. The molecule has 0 bridgehead atoms. The maximum atomic E-state index is 12.8. The van der Waals surface area contributed by atoms with E-state index in [4.69, 9.17) is 0 Å². The number of hydrogen-bond acceptors (Lipinski definition) is 5. The average molecular weight is 365 g/mol.